The number of nitrogens with zero attached hydrogens (tertiary/aromatic N) is 2. The molecular formula is C13H26N4O2S. The summed E-state index contributed by atoms with van der Waals surface area (Å²) in [7, 11) is -3.44. The third kappa shape index (κ3) is 5.22. The van der Waals surface area contributed by atoms with Gasteiger partial charge in [0.15, 0.2) is 0 Å². The monoisotopic (exact) mass is 302 g/mol. The van der Waals surface area contributed by atoms with Crippen molar-refractivity contribution in [1.82, 2.24) is 19.8 Å². The van der Waals surface area contributed by atoms with Crippen LogP contribution in [0.1, 0.15) is 33.6 Å². The summed E-state index contributed by atoms with van der Waals surface area (Å²) in [6, 6.07) is 0. The Morgan fingerprint density at radius 2 is 2.00 bits per heavy atom. The quantitative estimate of drug-likeness (QED) is 0.637. The second-order valence-corrected chi connectivity index (χ2v) is 6.59. The third-order valence-electron chi connectivity index (χ3n) is 3.40. The fourth-order valence-electron chi connectivity index (χ4n) is 1.86. The van der Waals surface area contributed by atoms with Crippen molar-refractivity contribution >= 4 is 10.0 Å². The van der Waals surface area contributed by atoms with E-state index in [0.717, 1.165) is 25.9 Å². The standard InChI is InChI=1S/C13H26N4O2S/c1-4-12(5-2)9-16-20(18,19)13-10-15-17(11-13)8-7-14-6-3/h10-12,14,16H,4-9H2,1-3H3. The number of hydrogen-bond donors (Lipinski definition) is 2. The lowest BCUT2D eigenvalue weighted by Gasteiger charge is -2.12. The van der Waals surface area contributed by atoms with Crippen LogP contribution in [0.2, 0.25) is 0 Å². The third-order valence-corrected chi connectivity index (χ3v) is 4.78. The van der Waals surface area contributed by atoms with Crippen molar-refractivity contribution < 1.29 is 8.42 Å². The van der Waals surface area contributed by atoms with Crippen LogP contribution in [-0.2, 0) is 16.6 Å². The molecular weight excluding hydrogens is 276 g/mol. The van der Waals surface area contributed by atoms with Gasteiger partial charge >= 0.3 is 0 Å². The first-order valence-electron chi connectivity index (χ1n) is 7.26. The number of hydrogen-bond acceptors (Lipinski definition) is 4. The van der Waals surface area contributed by atoms with Crippen molar-refractivity contribution in [1.29, 1.82) is 0 Å². The van der Waals surface area contributed by atoms with E-state index >= 15 is 0 Å². The van der Waals surface area contributed by atoms with Crippen LogP contribution in [0.3, 0.4) is 0 Å². The molecule has 0 aromatic carbocycles. The van der Waals surface area contributed by atoms with Gasteiger partial charge in [-0.25, -0.2) is 13.1 Å². The van der Waals surface area contributed by atoms with Crippen LogP contribution in [0.25, 0.3) is 0 Å². The predicted molar refractivity (Wildman–Crippen MR) is 80.0 cm³/mol. The Hall–Kier alpha value is -0.920. The number of nitrogens with one attached hydrogen (secondary N) is 2. The number of rotatable bonds is 10. The average Bonchev–Trinajstić information content (AvgIpc) is 2.90. The second kappa shape index (κ2) is 8.39. The Kier molecular flexibility index (Phi) is 7.18. The SMILES string of the molecule is CCNCCn1cc(S(=O)(=O)NCC(CC)CC)cn1. The smallest absolute Gasteiger partial charge is 0.243 e. The lowest BCUT2D eigenvalue weighted by molar-refractivity contribution is 0.479. The summed E-state index contributed by atoms with van der Waals surface area (Å²) in [4.78, 5) is 0.236. The topological polar surface area (TPSA) is 76.0 Å². The van der Waals surface area contributed by atoms with E-state index in [4.69, 9.17) is 0 Å². The summed E-state index contributed by atoms with van der Waals surface area (Å²) in [5.41, 5.74) is 0. The van der Waals surface area contributed by atoms with Crippen molar-refractivity contribution in [3.05, 3.63) is 12.4 Å². The van der Waals surface area contributed by atoms with Crippen molar-refractivity contribution in [2.75, 3.05) is 19.6 Å². The van der Waals surface area contributed by atoms with Gasteiger partial charge in [0.05, 0.1) is 12.7 Å². The molecule has 2 N–H and O–H groups in total. The lowest BCUT2D eigenvalue weighted by atomic mass is 10.0. The summed E-state index contributed by atoms with van der Waals surface area (Å²) < 4.78 is 28.6. The number of likely N-dealkylation sites (N-methyl/N-ethyl adjacent to an activating group) is 1. The Morgan fingerprint density at radius 3 is 2.60 bits per heavy atom. The molecule has 1 rings (SSSR count). The summed E-state index contributed by atoms with van der Waals surface area (Å²) in [5, 5.41) is 7.25. The van der Waals surface area contributed by atoms with Crippen LogP contribution >= 0.6 is 0 Å². The molecule has 0 aliphatic heterocycles. The molecule has 7 heteroatoms. The van der Waals surface area contributed by atoms with E-state index in [9.17, 15) is 8.42 Å². The Bertz CT molecular complexity index is 480. The van der Waals surface area contributed by atoms with Gasteiger partial charge in [0.1, 0.15) is 4.90 Å². The highest BCUT2D eigenvalue weighted by atomic mass is 32.2. The van der Waals surface area contributed by atoms with E-state index in [0.29, 0.717) is 19.0 Å². The maximum absolute atomic E-state index is 12.1. The predicted octanol–water partition coefficient (Wildman–Crippen LogP) is 1.21. The highest BCUT2D eigenvalue weighted by molar-refractivity contribution is 7.89. The van der Waals surface area contributed by atoms with Crippen LogP contribution in [0, 0.1) is 5.92 Å². The summed E-state index contributed by atoms with van der Waals surface area (Å²) in [6.45, 7) is 8.99. The normalized spacial score (nSPS) is 12.2. The molecule has 0 aliphatic carbocycles. The van der Waals surface area contributed by atoms with Gasteiger partial charge in [-0.1, -0.05) is 33.6 Å². The van der Waals surface area contributed by atoms with Crippen LogP contribution in [0.15, 0.2) is 17.3 Å². The molecule has 0 amide bonds. The zero-order chi connectivity index (χ0) is 15.0. The van der Waals surface area contributed by atoms with Gasteiger partial charge in [-0.15, -0.1) is 0 Å². The summed E-state index contributed by atoms with van der Waals surface area (Å²) in [5.74, 6) is 0.383. The van der Waals surface area contributed by atoms with Gasteiger partial charge in [-0.2, -0.15) is 5.10 Å². The van der Waals surface area contributed by atoms with E-state index in [1.807, 2.05) is 6.92 Å². The zero-order valence-corrected chi connectivity index (χ0v) is 13.4. The van der Waals surface area contributed by atoms with Crippen LogP contribution < -0.4 is 10.0 Å². The molecule has 0 saturated carbocycles. The second-order valence-electron chi connectivity index (χ2n) is 4.83. The van der Waals surface area contributed by atoms with Crippen LogP contribution in [0.4, 0.5) is 0 Å². The van der Waals surface area contributed by atoms with Gasteiger partial charge < -0.3 is 5.32 Å². The largest absolute Gasteiger partial charge is 0.315 e. The molecule has 1 aromatic heterocycles. The molecule has 6 nitrogen and oxygen atoms in total. The molecule has 0 fully saturated rings. The fraction of sp³-hybridized carbons (Fsp3) is 0.769. The minimum Gasteiger partial charge on any atom is -0.315 e. The highest BCUT2D eigenvalue weighted by Gasteiger charge is 2.17. The minimum atomic E-state index is -3.44. The number of aromatic nitrogens is 2. The van der Waals surface area contributed by atoms with E-state index in [2.05, 4.69) is 29.0 Å². The molecule has 0 bridgehead atoms. The lowest BCUT2D eigenvalue weighted by Crippen LogP contribution is -2.28. The van der Waals surface area contributed by atoms with Gasteiger partial charge in [0, 0.05) is 19.3 Å². The Labute approximate surface area is 122 Å². The van der Waals surface area contributed by atoms with E-state index in [-0.39, 0.29) is 4.90 Å². The Balaban J connectivity index is 2.59. The maximum Gasteiger partial charge on any atom is 0.243 e. The van der Waals surface area contributed by atoms with E-state index < -0.39 is 10.0 Å². The van der Waals surface area contributed by atoms with Crippen molar-refractivity contribution in [3.63, 3.8) is 0 Å². The summed E-state index contributed by atoms with van der Waals surface area (Å²) in [6.07, 6.45) is 4.93. The van der Waals surface area contributed by atoms with Crippen LogP contribution in [0.5, 0.6) is 0 Å². The first-order chi connectivity index (χ1) is 9.53. The average molecular weight is 302 g/mol. The van der Waals surface area contributed by atoms with Crippen molar-refractivity contribution in [3.8, 4) is 0 Å². The maximum atomic E-state index is 12.1. The van der Waals surface area contributed by atoms with Crippen molar-refractivity contribution in [2.24, 2.45) is 5.92 Å². The molecule has 116 valence electrons. The molecule has 0 aliphatic rings. The van der Waals surface area contributed by atoms with Gasteiger partial charge in [-0.3, -0.25) is 4.68 Å². The first-order valence-corrected chi connectivity index (χ1v) is 8.74. The molecule has 0 saturated heterocycles. The minimum absolute atomic E-state index is 0.236. The molecule has 1 aromatic rings. The van der Waals surface area contributed by atoms with Crippen molar-refractivity contribution in [2.45, 2.75) is 45.1 Å². The molecule has 0 spiro atoms. The van der Waals surface area contributed by atoms with Gasteiger partial charge in [0.25, 0.3) is 0 Å². The molecule has 20 heavy (non-hydrogen) atoms. The number of sulfonamides is 1. The highest BCUT2D eigenvalue weighted by Crippen LogP contribution is 2.10. The Morgan fingerprint density at radius 1 is 1.30 bits per heavy atom. The molecule has 1 heterocycles. The molecule has 0 radical (unpaired) electrons. The fourth-order valence-corrected chi connectivity index (χ4v) is 2.93. The molecule has 0 atom stereocenters. The van der Waals surface area contributed by atoms with E-state index in [1.54, 1.807) is 10.9 Å². The first kappa shape index (κ1) is 17.1. The zero-order valence-electron chi connectivity index (χ0n) is 12.6. The van der Waals surface area contributed by atoms with E-state index in [1.165, 1.54) is 6.20 Å². The van der Waals surface area contributed by atoms with Crippen LogP contribution in [-0.4, -0.2) is 37.8 Å². The molecule has 0 unspecified atom stereocenters. The van der Waals surface area contributed by atoms with Gasteiger partial charge in [-0.05, 0) is 12.5 Å². The van der Waals surface area contributed by atoms with Gasteiger partial charge in [0.2, 0.25) is 10.0 Å². The summed E-state index contributed by atoms with van der Waals surface area (Å²) >= 11 is 0.